The summed E-state index contributed by atoms with van der Waals surface area (Å²) in [6.45, 7) is 3.42. The quantitative estimate of drug-likeness (QED) is 0.610. The highest BCUT2D eigenvalue weighted by Crippen LogP contribution is 2.27. The van der Waals surface area contributed by atoms with E-state index in [1.165, 1.54) is 0 Å². The third-order valence-electron chi connectivity index (χ3n) is 3.84. The number of benzene rings is 2. The maximum Gasteiger partial charge on any atom is 0.161 e. The highest BCUT2D eigenvalue weighted by atomic mass is 35.5. The highest BCUT2D eigenvalue weighted by molar-refractivity contribution is 6.35. The Morgan fingerprint density at radius 2 is 1.60 bits per heavy atom. The van der Waals surface area contributed by atoms with Crippen LogP contribution in [0.3, 0.4) is 0 Å². The molecule has 6 heteroatoms. The molecule has 0 spiro atoms. The van der Waals surface area contributed by atoms with E-state index in [1.54, 1.807) is 20.3 Å². The molecule has 0 aliphatic rings. The second-order valence-electron chi connectivity index (χ2n) is 5.60. The zero-order chi connectivity index (χ0) is 18.1. The first-order chi connectivity index (χ1) is 12.1. The van der Waals surface area contributed by atoms with E-state index >= 15 is 0 Å². The summed E-state index contributed by atoms with van der Waals surface area (Å²) in [6, 6.07) is 11.6. The van der Waals surface area contributed by atoms with E-state index in [1.807, 2.05) is 30.3 Å². The molecule has 4 nitrogen and oxygen atoms in total. The van der Waals surface area contributed by atoms with Crippen LogP contribution in [0.25, 0.3) is 0 Å². The number of rotatable bonds is 10. The van der Waals surface area contributed by atoms with E-state index in [-0.39, 0.29) is 0 Å². The summed E-state index contributed by atoms with van der Waals surface area (Å²) in [5.41, 5.74) is 2.27. The standard InChI is InChI=1S/C19H24Cl2N2O2/c1-24-18-6-3-14(11-19(18)25-2)13-23-10-9-22-8-7-15-4-5-16(20)12-17(15)21/h3-6,11-12,22-23H,7-10,13H2,1-2H3. The first-order valence-corrected chi connectivity index (χ1v) is 8.96. The largest absolute Gasteiger partial charge is 0.493 e. The van der Waals surface area contributed by atoms with Gasteiger partial charge in [-0.15, -0.1) is 0 Å². The molecule has 0 aliphatic heterocycles. The monoisotopic (exact) mass is 382 g/mol. The van der Waals surface area contributed by atoms with Crippen molar-refractivity contribution in [3.8, 4) is 11.5 Å². The normalized spacial score (nSPS) is 10.7. The van der Waals surface area contributed by atoms with Gasteiger partial charge in [0.25, 0.3) is 0 Å². The predicted octanol–water partition coefficient (Wildman–Crippen LogP) is 3.93. The fourth-order valence-electron chi connectivity index (χ4n) is 2.47. The molecule has 2 aromatic rings. The van der Waals surface area contributed by atoms with Gasteiger partial charge in [-0.25, -0.2) is 0 Å². The minimum atomic E-state index is 0.668. The number of ether oxygens (including phenoxy) is 2. The number of hydrogen-bond donors (Lipinski definition) is 2. The van der Waals surface area contributed by atoms with Gasteiger partial charge in [0.15, 0.2) is 11.5 Å². The van der Waals surface area contributed by atoms with E-state index in [0.717, 1.165) is 60.2 Å². The van der Waals surface area contributed by atoms with E-state index in [4.69, 9.17) is 32.7 Å². The third kappa shape index (κ3) is 6.40. The molecule has 0 fully saturated rings. The SMILES string of the molecule is COc1ccc(CNCCNCCc2ccc(Cl)cc2Cl)cc1OC. The van der Waals surface area contributed by atoms with Gasteiger partial charge in [0.05, 0.1) is 14.2 Å². The molecule has 0 bridgehead atoms. The van der Waals surface area contributed by atoms with Crippen LogP contribution in [0.2, 0.25) is 10.0 Å². The Balaban J connectivity index is 1.63. The molecule has 0 aliphatic carbocycles. The molecule has 136 valence electrons. The van der Waals surface area contributed by atoms with E-state index < -0.39 is 0 Å². The van der Waals surface area contributed by atoms with E-state index in [9.17, 15) is 0 Å². The maximum atomic E-state index is 6.16. The van der Waals surface area contributed by atoms with Gasteiger partial charge < -0.3 is 20.1 Å². The minimum Gasteiger partial charge on any atom is -0.493 e. The Kier molecular flexibility index (Phi) is 8.35. The van der Waals surface area contributed by atoms with E-state index in [2.05, 4.69) is 10.6 Å². The van der Waals surface area contributed by atoms with Crippen LogP contribution < -0.4 is 20.1 Å². The molecule has 0 radical (unpaired) electrons. The van der Waals surface area contributed by atoms with Gasteiger partial charge in [-0.3, -0.25) is 0 Å². The van der Waals surface area contributed by atoms with Crippen LogP contribution in [0, 0.1) is 0 Å². The predicted molar refractivity (Wildman–Crippen MR) is 104 cm³/mol. The van der Waals surface area contributed by atoms with Crippen molar-refractivity contribution in [1.82, 2.24) is 10.6 Å². The Labute approximate surface area is 159 Å². The van der Waals surface area contributed by atoms with Gasteiger partial charge in [-0.1, -0.05) is 35.3 Å². The highest BCUT2D eigenvalue weighted by Gasteiger charge is 2.04. The molecular weight excluding hydrogens is 359 g/mol. The van der Waals surface area contributed by atoms with Crippen molar-refractivity contribution in [2.24, 2.45) is 0 Å². The summed E-state index contributed by atoms with van der Waals surface area (Å²) in [5, 5.41) is 8.20. The van der Waals surface area contributed by atoms with Crippen LogP contribution in [-0.2, 0) is 13.0 Å². The van der Waals surface area contributed by atoms with Crippen LogP contribution in [0.1, 0.15) is 11.1 Å². The number of hydrogen-bond acceptors (Lipinski definition) is 4. The summed E-state index contributed by atoms with van der Waals surface area (Å²) in [6.07, 6.45) is 0.881. The molecule has 0 aromatic heterocycles. The van der Waals surface area contributed by atoms with Gasteiger partial charge in [0.1, 0.15) is 0 Å². The molecule has 2 N–H and O–H groups in total. The second-order valence-corrected chi connectivity index (χ2v) is 6.45. The first-order valence-electron chi connectivity index (χ1n) is 8.20. The second kappa shape index (κ2) is 10.5. The van der Waals surface area contributed by atoms with Gasteiger partial charge in [-0.05, 0) is 48.4 Å². The van der Waals surface area contributed by atoms with Crippen molar-refractivity contribution in [2.75, 3.05) is 33.9 Å². The summed E-state index contributed by atoms with van der Waals surface area (Å²) < 4.78 is 10.6. The summed E-state index contributed by atoms with van der Waals surface area (Å²) in [4.78, 5) is 0. The first kappa shape index (κ1) is 19.9. The topological polar surface area (TPSA) is 42.5 Å². The van der Waals surface area contributed by atoms with Gasteiger partial charge in [0, 0.05) is 29.7 Å². The van der Waals surface area contributed by atoms with Gasteiger partial charge in [0.2, 0.25) is 0 Å². The van der Waals surface area contributed by atoms with Crippen LogP contribution in [-0.4, -0.2) is 33.9 Å². The molecule has 0 unspecified atom stereocenters. The lowest BCUT2D eigenvalue weighted by Crippen LogP contribution is -2.28. The van der Waals surface area contributed by atoms with Crippen molar-refractivity contribution in [3.63, 3.8) is 0 Å². The molecule has 0 saturated heterocycles. The van der Waals surface area contributed by atoms with Crippen LogP contribution in [0.15, 0.2) is 36.4 Å². The number of methoxy groups -OCH3 is 2. The molecule has 25 heavy (non-hydrogen) atoms. The molecule has 0 saturated carbocycles. The smallest absolute Gasteiger partial charge is 0.161 e. The van der Waals surface area contributed by atoms with Crippen LogP contribution >= 0.6 is 23.2 Å². The Hall–Kier alpha value is -1.46. The van der Waals surface area contributed by atoms with Crippen molar-refractivity contribution in [3.05, 3.63) is 57.6 Å². The van der Waals surface area contributed by atoms with Crippen molar-refractivity contribution in [2.45, 2.75) is 13.0 Å². The maximum absolute atomic E-state index is 6.16. The fraction of sp³-hybridized carbons (Fsp3) is 0.368. The fourth-order valence-corrected chi connectivity index (χ4v) is 2.98. The van der Waals surface area contributed by atoms with Crippen LogP contribution in [0.5, 0.6) is 11.5 Å². The summed E-state index contributed by atoms with van der Waals surface area (Å²) in [7, 11) is 3.28. The molecule has 0 atom stereocenters. The number of halogens is 2. The van der Waals surface area contributed by atoms with Crippen molar-refractivity contribution in [1.29, 1.82) is 0 Å². The van der Waals surface area contributed by atoms with Crippen molar-refractivity contribution < 1.29 is 9.47 Å². The minimum absolute atomic E-state index is 0.668. The number of nitrogens with one attached hydrogen (secondary N) is 2. The Bertz CT molecular complexity index is 680. The average molecular weight is 383 g/mol. The van der Waals surface area contributed by atoms with Gasteiger partial charge >= 0.3 is 0 Å². The summed E-state index contributed by atoms with van der Waals surface area (Å²) in [5.74, 6) is 1.49. The molecule has 0 amide bonds. The Morgan fingerprint density at radius 3 is 2.32 bits per heavy atom. The van der Waals surface area contributed by atoms with Crippen molar-refractivity contribution >= 4 is 23.2 Å². The average Bonchev–Trinajstić information content (AvgIpc) is 2.62. The zero-order valence-corrected chi connectivity index (χ0v) is 16.1. The molecular formula is C19H24Cl2N2O2. The lowest BCUT2D eigenvalue weighted by Gasteiger charge is -2.11. The van der Waals surface area contributed by atoms with Gasteiger partial charge in [-0.2, -0.15) is 0 Å². The lowest BCUT2D eigenvalue weighted by molar-refractivity contribution is 0.354. The Morgan fingerprint density at radius 1 is 0.840 bits per heavy atom. The molecule has 2 rings (SSSR count). The zero-order valence-electron chi connectivity index (χ0n) is 14.6. The van der Waals surface area contributed by atoms with Crippen LogP contribution in [0.4, 0.5) is 0 Å². The molecule has 0 heterocycles. The van der Waals surface area contributed by atoms with E-state index in [0.29, 0.717) is 5.02 Å². The molecule has 2 aromatic carbocycles. The summed E-state index contributed by atoms with van der Waals surface area (Å²) >= 11 is 12.1. The third-order valence-corrected chi connectivity index (χ3v) is 4.43. The lowest BCUT2D eigenvalue weighted by atomic mass is 10.1.